The lowest BCUT2D eigenvalue weighted by atomic mass is 10.1. The van der Waals surface area contributed by atoms with E-state index in [1.54, 1.807) is 0 Å². The topological polar surface area (TPSA) is 67.4 Å². The molecule has 7 heteroatoms. The SMILES string of the molecule is Cl.O=S(=O)(CC1CCCO1)N[C@H]1CCCNC1. The Hall–Kier alpha value is 0.120. The molecule has 2 aliphatic heterocycles. The molecule has 2 atom stereocenters. The summed E-state index contributed by atoms with van der Waals surface area (Å²) in [7, 11) is -3.18. The maximum absolute atomic E-state index is 11.8. The number of sulfonamides is 1. The maximum atomic E-state index is 11.8. The molecule has 2 heterocycles. The van der Waals surface area contributed by atoms with Gasteiger partial charge in [0.1, 0.15) is 0 Å². The van der Waals surface area contributed by atoms with E-state index in [0.29, 0.717) is 6.61 Å². The third kappa shape index (κ3) is 5.09. The van der Waals surface area contributed by atoms with Gasteiger partial charge in [-0.25, -0.2) is 13.1 Å². The first-order valence-electron chi connectivity index (χ1n) is 5.98. The normalized spacial score (nSPS) is 29.9. The van der Waals surface area contributed by atoms with E-state index >= 15 is 0 Å². The predicted octanol–water partition coefficient (Wildman–Crippen LogP) is 0.259. The molecule has 0 bridgehead atoms. The van der Waals surface area contributed by atoms with Gasteiger partial charge in [0, 0.05) is 19.2 Å². The highest BCUT2D eigenvalue weighted by Crippen LogP contribution is 2.14. The highest BCUT2D eigenvalue weighted by atomic mass is 35.5. The maximum Gasteiger partial charge on any atom is 0.214 e. The first kappa shape index (κ1) is 15.2. The quantitative estimate of drug-likeness (QED) is 0.777. The predicted molar refractivity (Wildman–Crippen MR) is 69.0 cm³/mol. The van der Waals surface area contributed by atoms with Crippen LogP contribution in [0.5, 0.6) is 0 Å². The van der Waals surface area contributed by atoms with E-state index in [0.717, 1.165) is 38.8 Å². The number of hydrogen-bond donors (Lipinski definition) is 2. The van der Waals surface area contributed by atoms with Gasteiger partial charge in [-0.2, -0.15) is 0 Å². The van der Waals surface area contributed by atoms with Crippen LogP contribution < -0.4 is 10.0 Å². The Balaban J connectivity index is 0.00000144. The fourth-order valence-corrected chi connectivity index (χ4v) is 3.83. The largest absolute Gasteiger partial charge is 0.377 e. The molecule has 0 aromatic rings. The van der Waals surface area contributed by atoms with E-state index in [-0.39, 0.29) is 30.3 Å². The zero-order valence-corrected chi connectivity index (χ0v) is 11.5. The van der Waals surface area contributed by atoms with Crippen LogP contribution in [-0.2, 0) is 14.8 Å². The first-order valence-corrected chi connectivity index (χ1v) is 7.63. The van der Waals surface area contributed by atoms with E-state index in [1.165, 1.54) is 0 Å². The summed E-state index contributed by atoms with van der Waals surface area (Å²) in [5.74, 6) is 0.115. The second kappa shape index (κ2) is 6.89. The molecule has 2 N–H and O–H groups in total. The summed E-state index contributed by atoms with van der Waals surface area (Å²) in [4.78, 5) is 0. The van der Waals surface area contributed by atoms with Gasteiger partial charge in [0.15, 0.2) is 0 Å². The van der Waals surface area contributed by atoms with Crippen LogP contribution >= 0.6 is 12.4 Å². The van der Waals surface area contributed by atoms with Gasteiger partial charge < -0.3 is 10.1 Å². The van der Waals surface area contributed by atoms with Crippen LogP contribution in [0.2, 0.25) is 0 Å². The molecule has 2 fully saturated rings. The summed E-state index contributed by atoms with van der Waals surface area (Å²) in [5, 5.41) is 3.19. The summed E-state index contributed by atoms with van der Waals surface area (Å²) in [5.41, 5.74) is 0. The Morgan fingerprint density at radius 1 is 1.29 bits per heavy atom. The molecule has 102 valence electrons. The van der Waals surface area contributed by atoms with Crippen molar-refractivity contribution in [2.24, 2.45) is 0 Å². The second-order valence-electron chi connectivity index (χ2n) is 4.58. The van der Waals surface area contributed by atoms with Gasteiger partial charge in [0.2, 0.25) is 10.0 Å². The minimum absolute atomic E-state index is 0. The van der Waals surface area contributed by atoms with Gasteiger partial charge in [-0.3, -0.25) is 0 Å². The van der Waals surface area contributed by atoms with Crippen molar-refractivity contribution in [1.29, 1.82) is 0 Å². The average molecular weight is 285 g/mol. The number of ether oxygens (including phenoxy) is 1. The first-order chi connectivity index (χ1) is 7.66. The Kier molecular flexibility index (Phi) is 6.16. The molecule has 0 saturated carbocycles. The van der Waals surface area contributed by atoms with E-state index < -0.39 is 10.0 Å². The lowest BCUT2D eigenvalue weighted by Crippen LogP contribution is -2.47. The van der Waals surface area contributed by atoms with Gasteiger partial charge in [-0.05, 0) is 32.2 Å². The van der Waals surface area contributed by atoms with Crippen LogP contribution in [0.1, 0.15) is 25.7 Å². The Morgan fingerprint density at radius 3 is 2.71 bits per heavy atom. The van der Waals surface area contributed by atoms with Crippen molar-refractivity contribution in [3.05, 3.63) is 0 Å². The second-order valence-corrected chi connectivity index (χ2v) is 6.38. The van der Waals surface area contributed by atoms with E-state index in [9.17, 15) is 8.42 Å². The molecule has 0 radical (unpaired) electrons. The Labute approximate surface area is 109 Å². The highest BCUT2D eigenvalue weighted by Gasteiger charge is 2.26. The van der Waals surface area contributed by atoms with Crippen LogP contribution in [0, 0.1) is 0 Å². The third-order valence-corrected chi connectivity index (χ3v) is 4.58. The molecule has 17 heavy (non-hydrogen) atoms. The number of piperidine rings is 1. The van der Waals surface area contributed by atoms with Crippen molar-refractivity contribution in [3.63, 3.8) is 0 Å². The molecule has 0 amide bonds. The van der Waals surface area contributed by atoms with Crippen molar-refractivity contribution in [3.8, 4) is 0 Å². The molecule has 5 nitrogen and oxygen atoms in total. The summed E-state index contributed by atoms with van der Waals surface area (Å²) in [6.07, 6.45) is 3.70. The van der Waals surface area contributed by atoms with Crippen molar-refractivity contribution in [1.82, 2.24) is 10.0 Å². The molecular weight excluding hydrogens is 264 g/mol. The molecule has 1 unspecified atom stereocenters. The van der Waals surface area contributed by atoms with Gasteiger partial charge >= 0.3 is 0 Å². The molecule has 0 aliphatic carbocycles. The van der Waals surface area contributed by atoms with Crippen molar-refractivity contribution < 1.29 is 13.2 Å². The highest BCUT2D eigenvalue weighted by molar-refractivity contribution is 7.89. The standard InChI is InChI=1S/C10H20N2O3S.ClH/c13-16(14,8-10-4-2-6-15-10)12-9-3-1-5-11-7-9;/h9-12H,1-8H2;1H/t9-,10?;/m0./s1. The monoisotopic (exact) mass is 284 g/mol. The molecular formula is C10H21ClN2O3S. The fourth-order valence-electron chi connectivity index (χ4n) is 2.27. The Morgan fingerprint density at radius 2 is 2.12 bits per heavy atom. The van der Waals surface area contributed by atoms with E-state index in [4.69, 9.17) is 4.74 Å². The smallest absolute Gasteiger partial charge is 0.214 e. The van der Waals surface area contributed by atoms with Crippen LogP contribution in [0.3, 0.4) is 0 Å². The zero-order chi connectivity index (χ0) is 11.4. The average Bonchev–Trinajstić information content (AvgIpc) is 2.70. The zero-order valence-electron chi connectivity index (χ0n) is 9.85. The summed E-state index contributed by atoms with van der Waals surface area (Å²) in [6, 6.07) is 0.0557. The van der Waals surface area contributed by atoms with Gasteiger partial charge in [0.25, 0.3) is 0 Å². The minimum Gasteiger partial charge on any atom is -0.377 e. The Bertz CT molecular complexity index is 312. The molecule has 2 aliphatic rings. The number of halogens is 1. The number of hydrogen-bond acceptors (Lipinski definition) is 4. The van der Waals surface area contributed by atoms with Crippen molar-refractivity contribution in [2.45, 2.75) is 37.8 Å². The third-order valence-electron chi connectivity index (χ3n) is 3.07. The summed E-state index contributed by atoms with van der Waals surface area (Å²) >= 11 is 0. The van der Waals surface area contributed by atoms with Crippen LogP contribution in [0.25, 0.3) is 0 Å². The van der Waals surface area contributed by atoms with Crippen molar-refractivity contribution in [2.75, 3.05) is 25.4 Å². The van der Waals surface area contributed by atoms with Crippen LogP contribution in [0.4, 0.5) is 0 Å². The van der Waals surface area contributed by atoms with Gasteiger partial charge in [0.05, 0.1) is 11.9 Å². The lowest BCUT2D eigenvalue weighted by molar-refractivity contribution is 0.127. The fraction of sp³-hybridized carbons (Fsp3) is 1.00. The molecule has 2 rings (SSSR count). The summed E-state index contributed by atoms with van der Waals surface area (Å²) in [6.45, 7) is 2.43. The molecule has 0 aromatic carbocycles. The summed E-state index contributed by atoms with van der Waals surface area (Å²) < 4.78 is 31.8. The van der Waals surface area contributed by atoms with E-state index in [2.05, 4.69) is 10.0 Å². The van der Waals surface area contributed by atoms with E-state index in [1.807, 2.05) is 0 Å². The molecule has 2 saturated heterocycles. The molecule has 0 spiro atoms. The number of rotatable bonds is 4. The van der Waals surface area contributed by atoms with Crippen LogP contribution in [-0.4, -0.2) is 46.0 Å². The number of nitrogens with one attached hydrogen (secondary N) is 2. The van der Waals surface area contributed by atoms with Gasteiger partial charge in [-0.1, -0.05) is 0 Å². The van der Waals surface area contributed by atoms with Gasteiger partial charge in [-0.15, -0.1) is 12.4 Å². The van der Waals surface area contributed by atoms with Crippen molar-refractivity contribution >= 4 is 22.4 Å². The molecule has 0 aromatic heterocycles. The lowest BCUT2D eigenvalue weighted by Gasteiger charge is -2.24. The minimum atomic E-state index is -3.18. The van der Waals surface area contributed by atoms with Crippen LogP contribution in [0.15, 0.2) is 0 Å².